The SMILES string of the molecule is Cc1cccc(C(C)C)c1NC(=O)CSc1nnnn1C. The summed E-state index contributed by atoms with van der Waals surface area (Å²) in [6.45, 7) is 6.23. The fourth-order valence-corrected chi connectivity index (χ4v) is 2.64. The molecule has 6 nitrogen and oxygen atoms in total. The van der Waals surface area contributed by atoms with E-state index >= 15 is 0 Å². The lowest BCUT2D eigenvalue weighted by atomic mass is 9.98. The van der Waals surface area contributed by atoms with E-state index in [9.17, 15) is 4.79 Å². The summed E-state index contributed by atoms with van der Waals surface area (Å²) in [4.78, 5) is 12.1. The van der Waals surface area contributed by atoms with Gasteiger partial charge in [0.2, 0.25) is 11.1 Å². The van der Waals surface area contributed by atoms with Gasteiger partial charge in [0.05, 0.1) is 5.75 Å². The molecule has 7 heteroatoms. The molecule has 1 amide bonds. The standard InChI is InChI=1S/C14H19N5OS/c1-9(2)11-7-5-6-10(3)13(11)15-12(20)8-21-14-16-17-18-19(14)4/h5-7,9H,8H2,1-4H3,(H,15,20). The number of carbonyl (C=O) groups excluding carboxylic acids is 1. The molecular weight excluding hydrogens is 286 g/mol. The maximum absolute atomic E-state index is 12.1. The Hall–Kier alpha value is -1.89. The average Bonchev–Trinajstić information content (AvgIpc) is 2.84. The lowest BCUT2D eigenvalue weighted by Gasteiger charge is -2.16. The van der Waals surface area contributed by atoms with Gasteiger partial charge >= 0.3 is 0 Å². The minimum absolute atomic E-state index is 0.0563. The molecule has 0 unspecified atom stereocenters. The van der Waals surface area contributed by atoms with Crippen LogP contribution in [-0.4, -0.2) is 31.9 Å². The van der Waals surface area contributed by atoms with Gasteiger partial charge in [0.25, 0.3) is 0 Å². The maximum atomic E-state index is 12.1. The fourth-order valence-electron chi connectivity index (χ4n) is 1.99. The Labute approximate surface area is 128 Å². The molecule has 1 heterocycles. The number of aryl methyl sites for hydroxylation is 2. The van der Waals surface area contributed by atoms with Gasteiger partial charge in [0.1, 0.15) is 0 Å². The van der Waals surface area contributed by atoms with Crippen molar-refractivity contribution in [2.24, 2.45) is 7.05 Å². The van der Waals surface area contributed by atoms with Crippen molar-refractivity contribution in [3.63, 3.8) is 0 Å². The lowest BCUT2D eigenvalue weighted by Crippen LogP contribution is -2.17. The van der Waals surface area contributed by atoms with Gasteiger partial charge in [0, 0.05) is 12.7 Å². The van der Waals surface area contributed by atoms with Crippen LogP contribution < -0.4 is 5.32 Å². The van der Waals surface area contributed by atoms with Gasteiger partial charge in [-0.3, -0.25) is 4.79 Å². The van der Waals surface area contributed by atoms with Crippen LogP contribution in [0.15, 0.2) is 23.4 Å². The van der Waals surface area contributed by atoms with Crippen molar-refractivity contribution in [3.8, 4) is 0 Å². The smallest absolute Gasteiger partial charge is 0.234 e. The van der Waals surface area contributed by atoms with E-state index in [1.54, 1.807) is 11.7 Å². The molecule has 112 valence electrons. The molecular formula is C14H19N5OS. The highest BCUT2D eigenvalue weighted by Gasteiger charge is 2.13. The molecule has 0 fully saturated rings. The van der Waals surface area contributed by atoms with Gasteiger partial charge in [-0.2, -0.15) is 0 Å². The number of benzene rings is 1. The first-order valence-corrected chi connectivity index (χ1v) is 7.72. The van der Waals surface area contributed by atoms with Crippen LogP contribution in [0.4, 0.5) is 5.69 Å². The number of hydrogen-bond acceptors (Lipinski definition) is 5. The van der Waals surface area contributed by atoms with E-state index in [0.29, 0.717) is 11.1 Å². The molecule has 0 aliphatic heterocycles. The van der Waals surface area contributed by atoms with Crippen molar-refractivity contribution in [2.45, 2.75) is 31.8 Å². The summed E-state index contributed by atoms with van der Waals surface area (Å²) in [5, 5.41) is 14.7. The Morgan fingerprint density at radius 2 is 2.19 bits per heavy atom. The Balaban J connectivity index is 2.05. The average molecular weight is 305 g/mol. The predicted molar refractivity (Wildman–Crippen MR) is 83.4 cm³/mol. The number of rotatable bonds is 5. The van der Waals surface area contributed by atoms with Crippen LogP contribution in [0.25, 0.3) is 0 Å². The Morgan fingerprint density at radius 1 is 1.43 bits per heavy atom. The first-order valence-electron chi connectivity index (χ1n) is 6.73. The first-order chi connectivity index (χ1) is 9.99. The summed E-state index contributed by atoms with van der Waals surface area (Å²) in [7, 11) is 1.75. The van der Waals surface area contributed by atoms with Crippen LogP contribution in [0.3, 0.4) is 0 Å². The highest BCUT2D eigenvalue weighted by molar-refractivity contribution is 7.99. The third-order valence-electron chi connectivity index (χ3n) is 3.11. The van der Waals surface area contributed by atoms with Crippen LogP contribution in [-0.2, 0) is 11.8 Å². The number of anilines is 1. The number of aromatic nitrogens is 4. The Kier molecular flexibility index (Phi) is 4.95. The molecule has 0 radical (unpaired) electrons. The van der Waals surface area contributed by atoms with Gasteiger partial charge in [0.15, 0.2) is 0 Å². The van der Waals surface area contributed by atoms with E-state index in [4.69, 9.17) is 0 Å². The topological polar surface area (TPSA) is 72.7 Å². The van der Waals surface area contributed by atoms with E-state index in [1.807, 2.05) is 25.1 Å². The van der Waals surface area contributed by atoms with E-state index in [1.165, 1.54) is 11.8 Å². The van der Waals surface area contributed by atoms with Gasteiger partial charge in [-0.15, -0.1) is 5.10 Å². The van der Waals surface area contributed by atoms with Crippen LogP contribution in [0.2, 0.25) is 0 Å². The summed E-state index contributed by atoms with van der Waals surface area (Å²) < 4.78 is 1.55. The van der Waals surface area contributed by atoms with Crippen LogP contribution in [0.1, 0.15) is 30.9 Å². The molecule has 1 aromatic heterocycles. The number of hydrogen-bond donors (Lipinski definition) is 1. The Bertz CT molecular complexity index is 638. The van der Waals surface area contributed by atoms with E-state index in [2.05, 4.69) is 34.7 Å². The predicted octanol–water partition coefficient (Wildman–Crippen LogP) is 2.37. The highest BCUT2D eigenvalue weighted by Crippen LogP contribution is 2.27. The molecule has 1 aromatic carbocycles. The summed E-state index contributed by atoms with van der Waals surface area (Å²) in [5.41, 5.74) is 3.13. The summed E-state index contributed by atoms with van der Waals surface area (Å²) in [6, 6.07) is 6.06. The number of tetrazole rings is 1. The number of para-hydroxylation sites is 1. The molecule has 2 rings (SSSR count). The maximum Gasteiger partial charge on any atom is 0.234 e. The molecule has 21 heavy (non-hydrogen) atoms. The van der Waals surface area contributed by atoms with Crippen molar-refractivity contribution >= 4 is 23.4 Å². The van der Waals surface area contributed by atoms with Crippen LogP contribution in [0, 0.1) is 6.92 Å². The van der Waals surface area contributed by atoms with E-state index in [-0.39, 0.29) is 11.7 Å². The van der Waals surface area contributed by atoms with Crippen LogP contribution >= 0.6 is 11.8 Å². The second kappa shape index (κ2) is 6.71. The van der Waals surface area contributed by atoms with Crippen molar-refractivity contribution in [1.82, 2.24) is 20.2 Å². The second-order valence-electron chi connectivity index (χ2n) is 5.12. The summed E-state index contributed by atoms with van der Waals surface area (Å²) in [5.74, 6) is 0.579. The van der Waals surface area contributed by atoms with Gasteiger partial charge in [-0.25, -0.2) is 4.68 Å². The number of thioether (sulfide) groups is 1. The van der Waals surface area contributed by atoms with Crippen molar-refractivity contribution in [3.05, 3.63) is 29.3 Å². The number of amides is 1. The molecule has 0 aliphatic carbocycles. The summed E-state index contributed by atoms with van der Waals surface area (Å²) in [6.07, 6.45) is 0. The quantitative estimate of drug-likeness (QED) is 0.859. The molecule has 0 saturated heterocycles. The van der Waals surface area contributed by atoms with E-state index in [0.717, 1.165) is 16.8 Å². The van der Waals surface area contributed by atoms with E-state index < -0.39 is 0 Å². The zero-order valence-corrected chi connectivity index (χ0v) is 13.4. The third-order valence-corrected chi connectivity index (χ3v) is 4.12. The number of carbonyl (C=O) groups is 1. The zero-order chi connectivity index (χ0) is 15.4. The molecule has 1 N–H and O–H groups in total. The fraction of sp³-hybridized carbons (Fsp3) is 0.429. The van der Waals surface area contributed by atoms with Crippen LogP contribution in [0.5, 0.6) is 0 Å². The largest absolute Gasteiger partial charge is 0.325 e. The summed E-state index contributed by atoms with van der Waals surface area (Å²) >= 11 is 1.32. The van der Waals surface area contributed by atoms with Gasteiger partial charge in [-0.1, -0.05) is 43.8 Å². The highest BCUT2D eigenvalue weighted by atomic mass is 32.2. The third kappa shape index (κ3) is 3.81. The second-order valence-corrected chi connectivity index (χ2v) is 6.06. The van der Waals surface area contributed by atoms with Gasteiger partial charge < -0.3 is 5.32 Å². The lowest BCUT2D eigenvalue weighted by molar-refractivity contribution is -0.113. The Morgan fingerprint density at radius 3 is 2.81 bits per heavy atom. The minimum atomic E-state index is -0.0563. The molecule has 2 aromatic rings. The van der Waals surface area contributed by atoms with Crippen molar-refractivity contribution in [1.29, 1.82) is 0 Å². The molecule has 0 bridgehead atoms. The van der Waals surface area contributed by atoms with Crippen molar-refractivity contribution in [2.75, 3.05) is 11.1 Å². The van der Waals surface area contributed by atoms with Crippen molar-refractivity contribution < 1.29 is 4.79 Å². The number of nitrogens with zero attached hydrogens (tertiary/aromatic N) is 4. The zero-order valence-electron chi connectivity index (χ0n) is 12.6. The minimum Gasteiger partial charge on any atom is -0.325 e. The normalized spacial score (nSPS) is 10.9. The first kappa shape index (κ1) is 15.5. The molecule has 0 atom stereocenters. The van der Waals surface area contributed by atoms with Gasteiger partial charge in [-0.05, 0) is 34.4 Å². The molecule has 0 aliphatic rings. The molecule has 0 saturated carbocycles. The number of nitrogens with one attached hydrogen (secondary N) is 1. The molecule has 0 spiro atoms. The monoisotopic (exact) mass is 305 g/mol.